The van der Waals surface area contributed by atoms with E-state index in [0.29, 0.717) is 0 Å². The summed E-state index contributed by atoms with van der Waals surface area (Å²) in [6, 6.07) is 28.1. The second-order valence-corrected chi connectivity index (χ2v) is 7.62. The van der Waals surface area contributed by atoms with Gasteiger partial charge in [-0.25, -0.2) is 0 Å². The van der Waals surface area contributed by atoms with Crippen LogP contribution in [0.5, 0.6) is 0 Å². The van der Waals surface area contributed by atoms with Crippen LogP contribution in [0.25, 0.3) is 11.1 Å². The molecule has 0 saturated heterocycles. The summed E-state index contributed by atoms with van der Waals surface area (Å²) in [6.45, 7) is 4.66. The molecule has 0 radical (unpaired) electrons. The predicted octanol–water partition coefficient (Wildman–Crippen LogP) is 6.70. The molecule has 0 amide bonds. The molecule has 118 valence electrons. The van der Waals surface area contributed by atoms with Gasteiger partial charge in [0.1, 0.15) is 0 Å². The maximum atomic E-state index is 3.76. The SMILES string of the molecule is CC1(C)C(c2ccccc2)=C(c2ccccc2Br)c2ccccc21. The molecule has 3 aromatic rings. The van der Waals surface area contributed by atoms with Gasteiger partial charge in [0, 0.05) is 9.89 Å². The fourth-order valence-corrected chi connectivity index (χ4v) is 4.36. The Morgan fingerprint density at radius 1 is 0.667 bits per heavy atom. The molecule has 3 aromatic carbocycles. The molecule has 0 bridgehead atoms. The number of fused-ring (bicyclic) bond motifs is 1. The van der Waals surface area contributed by atoms with Gasteiger partial charge in [0.15, 0.2) is 0 Å². The van der Waals surface area contributed by atoms with E-state index in [1.807, 2.05) is 0 Å². The maximum absolute atomic E-state index is 3.76. The monoisotopic (exact) mass is 374 g/mol. The second kappa shape index (κ2) is 5.75. The van der Waals surface area contributed by atoms with E-state index in [1.54, 1.807) is 0 Å². The molecule has 0 fully saturated rings. The van der Waals surface area contributed by atoms with Gasteiger partial charge in [0.2, 0.25) is 0 Å². The third-order valence-corrected chi connectivity index (χ3v) is 5.64. The van der Waals surface area contributed by atoms with E-state index in [-0.39, 0.29) is 5.41 Å². The van der Waals surface area contributed by atoms with Crippen molar-refractivity contribution >= 4 is 27.1 Å². The summed E-state index contributed by atoms with van der Waals surface area (Å²) in [6.07, 6.45) is 0. The van der Waals surface area contributed by atoms with Crippen LogP contribution in [0.2, 0.25) is 0 Å². The molecule has 0 heterocycles. The van der Waals surface area contributed by atoms with Crippen molar-refractivity contribution < 1.29 is 0 Å². The topological polar surface area (TPSA) is 0 Å². The normalized spacial score (nSPS) is 15.5. The number of benzene rings is 3. The van der Waals surface area contributed by atoms with Gasteiger partial charge in [0.05, 0.1) is 0 Å². The van der Waals surface area contributed by atoms with Crippen LogP contribution in [-0.4, -0.2) is 0 Å². The van der Waals surface area contributed by atoms with Gasteiger partial charge in [-0.2, -0.15) is 0 Å². The van der Waals surface area contributed by atoms with Crippen molar-refractivity contribution in [3.05, 3.63) is 106 Å². The lowest BCUT2D eigenvalue weighted by Crippen LogP contribution is -2.16. The zero-order chi connectivity index (χ0) is 16.7. The molecular formula is C23H19Br. The number of halogens is 1. The van der Waals surface area contributed by atoms with Crippen LogP contribution in [0.15, 0.2) is 83.3 Å². The number of hydrogen-bond acceptors (Lipinski definition) is 0. The van der Waals surface area contributed by atoms with E-state index < -0.39 is 0 Å². The van der Waals surface area contributed by atoms with Crippen molar-refractivity contribution in [3.63, 3.8) is 0 Å². The van der Waals surface area contributed by atoms with Crippen molar-refractivity contribution in [3.8, 4) is 0 Å². The zero-order valence-electron chi connectivity index (χ0n) is 13.9. The van der Waals surface area contributed by atoms with Crippen LogP contribution >= 0.6 is 15.9 Å². The number of allylic oxidation sites excluding steroid dienone is 1. The third kappa shape index (κ3) is 2.27. The fourth-order valence-electron chi connectivity index (χ4n) is 3.88. The first-order chi connectivity index (χ1) is 11.6. The van der Waals surface area contributed by atoms with E-state index in [9.17, 15) is 0 Å². The summed E-state index contributed by atoms with van der Waals surface area (Å²) in [5, 5.41) is 0. The summed E-state index contributed by atoms with van der Waals surface area (Å²) in [7, 11) is 0. The Hall–Kier alpha value is -2.12. The maximum Gasteiger partial charge on any atom is 0.0254 e. The van der Waals surface area contributed by atoms with Crippen LogP contribution in [0.1, 0.15) is 36.1 Å². The quantitative estimate of drug-likeness (QED) is 0.468. The fraction of sp³-hybridized carbons (Fsp3) is 0.130. The molecule has 24 heavy (non-hydrogen) atoms. The Kier molecular flexibility index (Phi) is 3.69. The van der Waals surface area contributed by atoms with Crippen molar-refractivity contribution in [2.75, 3.05) is 0 Å². The summed E-state index contributed by atoms with van der Waals surface area (Å²) in [5.41, 5.74) is 8.01. The van der Waals surface area contributed by atoms with Gasteiger partial charge in [-0.15, -0.1) is 0 Å². The number of hydrogen-bond donors (Lipinski definition) is 0. The average Bonchev–Trinajstić information content (AvgIpc) is 2.84. The minimum absolute atomic E-state index is 0.0252. The van der Waals surface area contributed by atoms with Crippen LogP contribution in [0, 0.1) is 0 Å². The molecule has 0 N–H and O–H groups in total. The molecule has 1 aliphatic carbocycles. The lowest BCUT2D eigenvalue weighted by molar-refractivity contribution is 0.704. The standard InChI is InChI=1S/C23H19Br/c1-23(2)19-14-8-6-12-17(19)21(18-13-7-9-15-20(18)24)22(23)16-10-4-3-5-11-16/h3-15H,1-2H3. The van der Waals surface area contributed by atoms with Gasteiger partial charge in [-0.1, -0.05) is 103 Å². The molecule has 0 unspecified atom stereocenters. The second-order valence-electron chi connectivity index (χ2n) is 6.77. The highest BCUT2D eigenvalue weighted by atomic mass is 79.9. The molecule has 4 rings (SSSR count). The van der Waals surface area contributed by atoms with Crippen molar-refractivity contribution in [1.29, 1.82) is 0 Å². The van der Waals surface area contributed by atoms with E-state index in [1.165, 1.54) is 33.4 Å². The van der Waals surface area contributed by atoms with Crippen molar-refractivity contribution in [2.45, 2.75) is 19.3 Å². The first-order valence-electron chi connectivity index (χ1n) is 8.25. The first-order valence-corrected chi connectivity index (χ1v) is 9.05. The Bertz CT molecular complexity index is 933. The van der Waals surface area contributed by atoms with Gasteiger partial charge in [-0.05, 0) is 39.5 Å². The van der Waals surface area contributed by atoms with Crippen LogP contribution in [0.4, 0.5) is 0 Å². The summed E-state index contributed by atoms with van der Waals surface area (Å²) < 4.78 is 1.14. The molecule has 1 heteroatoms. The van der Waals surface area contributed by atoms with Crippen molar-refractivity contribution in [2.24, 2.45) is 0 Å². The molecule has 0 spiro atoms. The lowest BCUT2D eigenvalue weighted by Gasteiger charge is -2.25. The molecular weight excluding hydrogens is 356 g/mol. The third-order valence-electron chi connectivity index (χ3n) is 4.95. The molecule has 1 aliphatic rings. The van der Waals surface area contributed by atoms with E-state index >= 15 is 0 Å². The molecule has 0 aromatic heterocycles. The largest absolute Gasteiger partial charge is 0.0622 e. The Morgan fingerprint density at radius 2 is 1.25 bits per heavy atom. The number of rotatable bonds is 2. The van der Waals surface area contributed by atoms with Crippen LogP contribution < -0.4 is 0 Å². The summed E-state index contributed by atoms with van der Waals surface area (Å²) in [4.78, 5) is 0. The van der Waals surface area contributed by atoms with E-state index in [4.69, 9.17) is 0 Å². The Balaban J connectivity index is 2.11. The molecule has 0 saturated carbocycles. The first kappa shape index (κ1) is 15.4. The smallest absolute Gasteiger partial charge is 0.0254 e. The molecule has 0 aliphatic heterocycles. The average molecular weight is 375 g/mol. The van der Waals surface area contributed by atoms with E-state index in [0.717, 1.165) is 4.47 Å². The van der Waals surface area contributed by atoms with Gasteiger partial charge in [-0.3, -0.25) is 0 Å². The van der Waals surface area contributed by atoms with E-state index in [2.05, 4.69) is 109 Å². The van der Waals surface area contributed by atoms with Crippen LogP contribution in [0.3, 0.4) is 0 Å². The summed E-state index contributed by atoms with van der Waals surface area (Å²) in [5.74, 6) is 0. The highest BCUT2D eigenvalue weighted by Crippen LogP contribution is 2.53. The van der Waals surface area contributed by atoms with Crippen LogP contribution in [-0.2, 0) is 5.41 Å². The minimum atomic E-state index is -0.0252. The van der Waals surface area contributed by atoms with Gasteiger partial charge >= 0.3 is 0 Å². The Morgan fingerprint density at radius 3 is 1.96 bits per heavy atom. The van der Waals surface area contributed by atoms with Gasteiger partial charge in [0.25, 0.3) is 0 Å². The molecule has 0 nitrogen and oxygen atoms in total. The van der Waals surface area contributed by atoms with Crippen molar-refractivity contribution in [1.82, 2.24) is 0 Å². The summed E-state index contributed by atoms with van der Waals surface area (Å²) >= 11 is 3.76. The predicted molar refractivity (Wildman–Crippen MR) is 106 cm³/mol. The molecule has 0 atom stereocenters. The van der Waals surface area contributed by atoms with Gasteiger partial charge < -0.3 is 0 Å². The lowest BCUT2D eigenvalue weighted by atomic mass is 9.78. The minimum Gasteiger partial charge on any atom is -0.0622 e. The zero-order valence-corrected chi connectivity index (χ0v) is 15.5. The Labute approximate surface area is 152 Å². The highest BCUT2D eigenvalue weighted by molar-refractivity contribution is 9.10. The highest BCUT2D eigenvalue weighted by Gasteiger charge is 2.38.